The van der Waals surface area contributed by atoms with Crippen LogP contribution in [0.3, 0.4) is 0 Å². The standard InChI is InChI=1S/C14H23NO3/c1-4-17-13-8-6-5-7-12(13)14(9-15)18-11(3)10(2)16/h5-8,10-11,14,16H,4,9,15H2,1-3H3. The highest BCUT2D eigenvalue weighted by Gasteiger charge is 2.20. The third-order valence-electron chi connectivity index (χ3n) is 2.84. The van der Waals surface area contributed by atoms with Gasteiger partial charge in [-0.2, -0.15) is 0 Å². The van der Waals surface area contributed by atoms with Crippen molar-refractivity contribution in [1.82, 2.24) is 0 Å². The van der Waals surface area contributed by atoms with E-state index in [0.717, 1.165) is 11.3 Å². The smallest absolute Gasteiger partial charge is 0.125 e. The molecule has 1 aromatic carbocycles. The van der Waals surface area contributed by atoms with E-state index in [1.165, 1.54) is 0 Å². The van der Waals surface area contributed by atoms with Crippen LogP contribution in [0.1, 0.15) is 32.4 Å². The molecular weight excluding hydrogens is 230 g/mol. The first-order valence-electron chi connectivity index (χ1n) is 6.35. The number of para-hydroxylation sites is 1. The molecule has 3 unspecified atom stereocenters. The molecule has 0 saturated heterocycles. The first kappa shape index (κ1) is 15.0. The van der Waals surface area contributed by atoms with E-state index in [-0.39, 0.29) is 12.2 Å². The summed E-state index contributed by atoms with van der Waals surface area (Å²) in [7, 11) is 0. The molecule has 0 aromatic heterocycles. The van der Waals surface area contributed by atoms with Crippen LogP contribution in [0.5, 0.6) is 5.75 Å². The molecule has 4 heteroatoms. The van der Waals surface area contributed by atoms with Gasteiger partial charge in [0.2, 0.25) is 0 Å². The number of aliphatic hydroxyl groups is 1. The van der Waals surface area contributed by atoms with Gasteiger partial charge in [0, 0.05) is 12.1 Å². The highest BCUT2D eigenvalue weighted by Crippen LogP contribution is 2.28. The molecule has 102 valence electrons. The molecule has 1 rings (SSSR count). The zero-order chi connectivity index (χ0) is 13.5. The first-order chi connectivity index (χ1) is 8.60. The zero-order valence-electron chi connectivity index (χ0n) is 11.3. The Bertz CT molecular complexity index is 355. The lowest BCUT2D eigenvalue weighted by atomic mass is 10.1. The van der Waals surface area contributed by atoms with Crippen LogP contribution in [0.2, 0.25) is 0 Å². The highest BCUT2D eigenvalue weighted by molar-refractivity contribution is 5.35. The van der Waals surface area contributed by atoms with Gasteiger partial charge in [0.1, 0.15) is 5.75 Å². The van der Waals surface area contributed by atoms with Crippen LogP contribution in [0.4, 0.5) is 0 Å². The second-order valence-electron chi connectivity index (χ2n) is 4.28. The molecule has 0 bridgehead atoms. The fourth-order valence-corrected chi connectivity index (χ4v) is 1.66. The van der Waals surface area contributed by atoms with E-state index in [1.807, 2.05) is 38.1 Å². The van der Waals surface area contributed by atoms with Crippen LogP contribution in [0, 0.1) is 0 Å². The van der Waals surface area contributed by atoms with Crippen LogP contribution >= 0.6 is 0 Å². The second kappa shape index (κ2) is 7.36. The average Bonchev–Trinajstić information content (AvgIpc) is 2.37. The molecule has 4 nitrogen and oxygen atoms in total. The van der Waals surface area contributed by atoms with Gasteiger partial charge >= 0.3 is 0 Å². The SMILES string of the molecule is CCOc1ccccc1C(CN)OC(C)C(C)O. The van der Waals surface area contributed by atoms with Crippen LogP contribution in [0.15, 0.2) is 24.3 Å². The van der Waals surface area contributed by atoms with Crippen molar-refractivity contribution in [3.05, 3.63) is 29.8 Å². The molecular formula is C14H23NO3. The predicted molar refractivity (Wildman–Crippen MR) is 71.6 cm³/mol. The summed E-state index contributed by atoms with van der Waals surface area (Å²) in [5.74, 6) is 0.785. The van der Waals surface area contributed by atoms with Crippen molar-refractivity contribution < 1.29 is 14.6 Å². The van der Waals surface area contributed by atoms with Crippen LogP contribution < -0.4 is 10.5 Å². The topological polar surface area (TPSA) is 64.7 Å². The Labute approximate surface area is 109 Å². The number of rotatable bonds is 7. The number of nitrogens with two attached hydrogens (primary N) is 1. The number of benzene rings is 1. The molecule has 0 radical (unpaired) electrons. The van der Waals surface area contributed by atoms with Crippen molar-refractivity contribution in [2.45, 2.75) is 39.1 Å². The van der Waals surface area contributed by atoms with Crippen molar-refractivity contribution in [2.75, 3.05) is 13.2 Å². The molecule has 0 saturated carbocycles. The summed E-state index contributed by atoms with van der Waals surface area (Å²) >= 11 is 0. The summed E-state index contributed by atoms with van der Waals surface area (Å²) in [6.07, 6.45) is -1.07. The minimum absolute atomic E-state index is 0.266. The average molecular weight is 253 g/mol. The maximum absolute atomic E-state index is 9.49. The Balaban J connectivity index is 2.87. The number of aliphatic hydroxyl groups excluding tert-OH is 1. The summed E-state index contributed by atoms with van der Waals surface area (Å²) in [4.78, 5) is 0. The summed E-state index contributed by atoms with van der Waals surface area (Å²) in [6, 6.07) is 7.69. The molecule has 0 aliphatic heterocycles. The largest absolute Gasteiger partial charge is 0.493 e. The maximum atomic E-state index is 9.49. The zero-order valence-corrected chi connectivity index (χ0v) is 11.3. The normalized spacial score (nSPS) is 16.1. The van der Waals surface area contributed by atoms with Crippen molar-refractivity contribution >= 4 is 0 Å². The van der Waals surface area contributed by atoms with E-state index in [4.69, 9.17) is 15.2 Å². The lowest BCUT2D eigenvalue weighted by Gasteiger charge is -2.24. The van der Waals surface area contributed by atoms with E-state index in [9.17, 15) is 5.11 Å². The predicted octanol–water partition coefficient (Wildman–Crippen LogP) is 1.87. The van der Waals surface area contributed by atoms with E-state index in [1.54, 1.807) is 6.92 Å². The van der Waals surface area contributed by atoms with Gasteiger partial charge in [-0.25, -0.2) is 0 Å². The van der Waals surface area contributed by atoms with Gasteiger partial charge in [0.15, 0.2) is 0 Å². The van der Waals surface area contributed by atoms with Gasteiger partial charge in [-0.05, 0) is 26.8 Å². The Hall–Kier alpha value is -1.10. The fraction of sp³-hybridized carbons (Fsp3) is 0.571. The summed E-state index contributed by atoms with van der Waals surface area (Å²) in [5, 5.41) is 9.49. The van der Waals surface area contributed by atoms with Crippen LogP contribution in [-0.2, 0) is 4.74 Å². The molecule has 0 aliphatic carbocycles. The summed E-state index contributed by atoms with van der Waals surface area (Å²) in [5.41, 5.74) is 6.68. The van der Waals surface area contributed by atoms with E-state index < -0.39 is 6.10 Å². The number of hydrogen-bond acceptors (Lipinski definition) is 4. The Morgan fingerprint density at radius 3 is 2.50 bits per heavy atom. The molecule has 0 spiro atoms. The van der Waals surface area contributed by atoms with Crippen LogP contribution in [0.25, 0.3) is 0 Å². The Kier molecular flexibility index (Phi) is 6.12. The van der Waals surface area contributed by atoms with E-state index >= 15 is 0 Å². The van der Waals surface area contributed by atoms with E-state index in [2.05, 4.69) is 0 Å². The Morgan fingerprint density at radius 1 is 1.28 bits per heavy atom. The Morgan fingerprint density at radius 2 is 1.94 bits per heavy atom. The fourth-order valence-electron chi connectivity index (χ4n) is 1.66. The monoisotopic (exact) mass is 253 g/mol. The molecule has 0 amide bonds. The number of hydrogen-bond donors (Lipinski definition) is 2. The van der Waals surface area contributed by atoms with Gasteiger partial charge < -0.3 is 20.3 Å². The lowest BCUT2D eigenvalue weighted by Crippen LogP contribution is -2.28. The number of ether oxygens (including phenoxy) is 2. The third-order valence-corrected chi connectivity index (χ3v) is 2.84. The van der Waals surface area contributed by atoms with Gasteiger partial charge in [-0.1, -0.05) is 18.2 Å². The molecule has 0 fully saturated rings. The van der Waals surface area contributed by atoms with Crippen molar-refractivity contribution in [2.24, 2.45) is 5.73 Å². The molecule has 3 N–H and O–H groups in total. The summed E-state index contributed by atoms with van der Waals surface area (Å²) < 4.78 is 11.3. The molecule has 18 heavy (non-hydrogen) atoms. The minimum Gasteiger partial charge on any atom is -0.493 e. The third kappa shape index (κ3) is 3.98. The van der Waals surface area contributed by atoms with Gasteiger partial charge in [-0.3, -0.25) is 0 Å². The summed E-state index contributed by atoms with van der Waals surface area (Å²) in [6.45, 7) is 6.41. The van der Waals surface area contributed by atoms with Crippen molar-refractivity contribution in [3.63, 3.8) is 0 Å². The molecule has 0 aliphatic rings. The molecule has 3 atom stereocenters. The quantitative estimate of drug-likeness (QED) is 0.778. The maximum Gasteiger partial charge on any atom is 0.125 e. The van der Waals surface area contributed by atoms with Gasteiger partial charge in [-0.15, -0.1) is 0 Å². The highest BCUT2D eigenvalue weighted by atomic mass is 16.5. The molecule has 0 heterocycles. The minimum atomic E-state index is -0.529. The molecule has 1 aromatic rings. The van der Waals surface area contributed by atoms with E-state index in [0.29, 0.717) is 13.2 Å². The second-order valence-corrected chi connectivity index (χ2v) is 4.28. The first-order valence-corrected chi connectivity index (χ1v) is 6.35. The van der Waals surface area contributed by atoms with Crippen LogP contribution in [-0.4, -0.2) is 30.5 Å². The lowest BCUT2D eigenvalue weighted by molar-refractivity contribution is -0.0598. The van der Waals surface area contributed by atoms with Crippen molar-refractivity contribution in [1.29, 1.82) is 0 Å². The van der Waals surface area contributed by atoms with Gasteiger partial charge in [0.05, 0.1) is 24.9 Å². The van der Waals surface area contributed by atoms with Crippen molar-refractivity contribution in [3.8, 4) is 5.75 Å². The van der Waals surface area contributed by atoms with Gasteiger partial charge in [0.25, 0.3) is 0 Å².